The van der Waals surface area contributed by atoms with Crippen LogP contribution in [0.2, 0.25) is 25.1 Å². The molecule has 0 spiro atoms. The van der Waals surface area contributed by atoms with Gasteiger partial charge in [0.2, 0.25) is 0 Å². The summed E-state index contributed by atoms with van der Waals surface area (Å²) in [7, 11) is 0. The van der Waals surface area contributed by atoms with Crippen LogP contribution in [0.1, 0.15) is 11.3 Å². The molecule has 0 radical (unpaired) electrons. The first-order chi connectivity index (χ1) is 12.4. The fourth-order valence-corrected chi connectivity index (χ4v) is 3.72. The van der Waals surface area contributed by atoms with E-state index < -0.39 is 0 Å². The molecule has 0 aliphatic heterocycles. The highest BCUT2D eigenvalue weighted by atomic mass is 35.5. The third-order valence-electron chi connectivity index (χ3n) is 3.48. The summed E-state index contributed by atoms with van der Waals surface area (Å²) in [5, 5.41) is 10.2. The Hall–Kier alpha value is -1.43. The normalized spacial score (nSPS) is 11.3. The maximum absolute atomic E-state index is 6.26. The quantitative estimate of drug-likeness (QED) is 0.334. The Labute approximate surface area is 174 Å². The highest BCUT2D eigenvalue weighted by molar-refractivity contribution is 6.42. The third kappa shape index (κ3) is 3.95. The molecule has 0 unspecified atom stereocenters. The van der Waals surface area contributed by atoms with Gasteiger partial charge in [-0.05, 0) is 31.2 Å². The van der Waals surface area contributed by atoms with Crippen molar-refractivity contribution >= 4 is 69.9 Å². The number of hydrazone groups is 1. The molecule has 0 atom stereocenters. The molecule has 26 heavy (non-hydrogen) atoms. The van der Waals surface area contributed by atoms with Crippen LogP contribution in [0.3, 0.4) is 0 Å². The molecule has 1 heterocycles. The monoisotopic (exact) mass is 447 g/mol. The Morgan fingerprint density at radius 3 is 2.23 bits per heavy atom. The van der Waals surface area contributed by atoms with Gasteiger partial charge < -0.3 is 4.52 Å². The van der Waals surface area contributed by atoms with E-state index in [1.807, 2.05) is 0 Å². The van der Waals surface area contributed by atoms with E-state index >= 15 is 0 Å². The summed E-state index contributed by atoms with van der Waals surface area (Å²) >= 11 is 30.7. The van der Waals surface area contributed by atoms with Crippen molar-refractivity contribution in [2.75, 3.05) is 5.43 Å². The largest absolute Gasteiger partial charge is 0.360 e. The number of hydrogen-bond donors (Lipinski definition) is 1. The molecule has 0 aliphatic rings. The predicted molar refractivity (Wildman–Crippen MR) is 109 cm³/mol. The van der Waals surface area contributed by atoms with Gasteiger partial charge in [-0.15, -0.1) is 0 Å². The van der Waals surface area contributed by atoms with Gasteiger partial charge in [0.15, 0.2) is 0 Å². The lowest BCUT2D eigenvalue weighted by Gasteiger charge is -2.07. The van der Waals surface area contributed by atoms with Crippen LogP contribution in [0.15, 0.2) is 40.0 Å². The number of aryl methyl sites for hydroxylation is 1. The van der Waals surface area contributed by atoms with Gasteiger partial charge in [-0.2, -0.15) is 5.10 Å². The molecule has 9 heteroatoms. The Bertz CT molecular complexity index is 957. The number of aromatic nitrogens is 1. The molecule has 0 aliphatic carbocycles. The summed E-state index contributed by atoms with van der Waals surface area (Å²) in [5.41, 5.74) is 4.89. The van der Waals surface area contributed by atoms with Gasteiger partial charge in [0.05, 0.1) is 37.6 Å². The van der Waals surface area contributed by atoms with Crippen molar-refractivity contribution in [1.29, 1.82) is 0 Å². The second-order valence-electron chi connectivity index (χ2n) is 5.21. The van der Waals surface area contributed by atoms with Crippen molar-refractivity contribution in [3.8, 4) is 11.3 Å². The van der Waals surface area contributed by atoms with Gasteiger partial charge in [-0.25, -0.2) is 0 Å². The van der Waals surface area contributed by atoms with Gasteiger partial charge >= 0.3 is 0 Å². The molecule has 0 bridgehead atoms. The average Bonchev–Trinajstić information content (AvgIpc) is 2.91. The molecule has 0 amide bonds. The molecule has 1 N–H and O–H groups in total. The van der Waals surface area contributed by atoms with E-state index in [1.165, 1.54) is 6.21 Å². The molecular formula is C17H10Cl5N3O. The fraction of sp³-hybridized carbons (Fsp3) is 0.0588. The molecule has 0 saturated heterocycles. The first-order valence-corrected chi connectivity index (χ1v) is 9.11. The van der Waals surface area contributed by atoms with Crippen LogP contribution < -0.4 is 5.43 Å². The lowest BCUT2D eigenvalue weighted by Crippen LogP contribution is -1.95. The van der Waals surface area contributed by atoms with Crippen molar-refractivity contribution in [3.63, 3.8) is 0 Å². The summed E-state index contributed by atoms with van der Waals surface area (Å²) in [6.07, 6.45) is 1.53. The number of nitrogens with one attached hydrogen (secondary N) is 1. The Balaban J connectivity index is 1.95. The Morgan fingerprint density at radius 1 is 1.00 bits per heavy atom. The maximum Gasteiger partial charge on any atom is 0.143 e. The van der Waals surface area contributed by atoms with Gasteiger partial charge in [0.25, 0.3) is 0 Å². The van der Waals surface area contributed by atoms with E-state index in [0.29, 0.717) is 53.4 Å². The van der Waals surface area contributed by atoms with E-state index in [1.54, 1.807) is 37.3 Å². The van der Waals surface area contributed by atoms with E-state index in [2.05, 4.69) is 15.7 Å². The number of anilines is 1. The molecule has 0 saturated carbocycles. The summed E-state index contributed by atoms with van der Waals surface area (Å²) in [6, 6.07) is 8.32. The first kappa shape index (κ1) is 19.3. The van der Waals surface area contributed by atoms with E-state index in [9.17, 15) is 0 Å². The second-order valence-corrected chi connectivity index (χ2v) is 7.28. The molecule has 3 rings (SSSR count). The standard InChI is InChI=1S/C17H10Cl5N3O/c1-8-10(7-23-24-17-13(21)5-9(18)6-14(17)22)16(25-26-8)15-11(19)3-2-4-12(15)20/h2-7,24H,1H3/b23-7-. The first-order valence-electron chi connectivity index (χ1n) is 7.22. The van der Waals surface area contributed by atoms with Crippen molar-refractivity contribution in [2.45, 2.75) is 6.92 Å². The fourth-order valence-electron chi connectivity index (χ4n) is 2.25. The summed E-state index contributed by atoms with van der Waals surface area (Å²) in [6.45, 7) is 1.75. The molecular weight excluding hydrogens is 439 g/mol. The minimum absolute atomic E-state index is 0.344. The van der Waals surface area contributed by atoms with Crippen molar-refractivity contribution in [3.05, 3.63) is 66.8 Å². The van der Waals surface area contributed by atoms with Crippen molar-refractivity contribution < 1.29 is 4.52 Å². The maximum atomic E-state index is 6.26. The van der Waals surface area contributed by atoms with E-state index in [0.717, 1.165) is 0 Å². The lowest BCUT2D eigenvalue weighted by molar-refractivity contribution is 0.399. The second kappa shape index (κ2) is 8.07. The Kier molecular flexibility index (Phi) is 6.00. The van der Waals surface area contributed by atoms with Crippen LogP contribution in [0, 0.1) is 6.92 Å². The van der Waals surface area contributed by atoms with E-state index in [-0.39, 0.29) is 0 Å². The smallest absolute Gasteiger partial charge is 0.143 e. The zero-order valence-electron chi connectivity index (χ0n) is 13.2. The summed E-state index contributed by atoms with van der Waals surface area (Å²) < 4.78 is 5.27. The lowest BCUT2D eigenvalue weighted by atomic mass is 10.1. The van der Waals surface area contributed by atoms with Gasteiger partial charge in [0.1, 0.15) is 11.5 Å². The van der Waals surface area contributed by atoms with E-state index in [4.69, 9.17) is 62.5 Å². The van der Waals surface area contributed by atoms with Crippen LogP contribution in [0.4, 0.5) is 5.69 Å². The number of rotatable bonds is 4. The van der Waals surface area contributed by atoms with Gasteiger partial charge in [-0.1, -0.05) is 69.2 Å². The molecule has 2 aromatic carbocycles. The van der Waals surface area contributed by atoms with Crippen LogP contribution in [-0.4, -0.2) is 11.4 Å². The van der Waals surface area contributed by atoms with Gasteiger partial charge in [0, 0.05) is 10.6 Å². The minimum atomic E-state index is 0.344. The molecule has 134 valence electrons. The summed E-state index contributed by atoms with van der Waals surface area (Å²) in [4.78, 5) is 0. The van der Waals surface area contributed by atoms with Crippen LogP contribution >= 0.6 is 58.0 Å². The molecule has 0 fully saturated rings. The predicted octanol–water partition coefficient (Wildman–Crippen LogP) is 7.36. The minimum Gasteiger partial charge on any atom is -0.360 e. The molecule has 3 aromatic rings. The van der Waals surface area contributed by atoms with Crippen molar-refractivity contribution in [1.82, 2.24) is 5.16 Å². The number of halogens is 5. The summed E-state index contributed by atoms with van der Waals surface area (Å²) in [5.74, 6) is 0.551. The highest BCUT2D eigenvalue weighted by Gasteiger charge is 2.18. The zero-order chi connectivity index (χ0) is 18.8. The SMILES string of the molecule is Cc1onc(-c2c(Cl)cccc2Cl)c1/C=N\Nc1c(Cl)cc(Cl)cc1Cl. The molecule has 1 aromatic heterocycles. The average molecular weight is 450 g/mol. The van der Waals surface area contributed by atoms with Crippen LogP contribution in [0.5, 0.6) is 0 Å². The van der Waals surface area contributed by atoms with Crippen LogP contribution in [0.25, 0.3) is 11.3 Å². The molecule has 4 nitrogen and oxygen atoms in total. The zero-order valence-corrected chi connectivity index (χ0v) is 16.9. The van der Waals surface area contributed by atoms with Gasteiger partial charge in [-0.3, -0.25) is 5.43 Å². The van der Waals surface area contributed by atoms with Crippen molar-refractivity contribution in [2.24, 2.45) is 5.10 Å². The Morgan fingerprint density at radius 2 is 1.62 bits per heavy atom. The topological polar surface area (TPSA) is 50.4 Å². The number of hydrogen-bond acceptors (Lipinski definition) is 4. The number of nitrogens with zero attached hydrogens (tertiary/aromatic N) is 2. The van der Waals surface area contributed by atoms with Crippen LogP contribution in [-0.2, 0) is 0 Å². The third-order valence-corrected chi connectivity index (χ3v) is 4.93. The number of benzene rings is 2. The highest BCUT2D eigenvalue weighted by Crippen LogP contribution is 2.36.